The molecule has 0 aliphatic rings. The standard InChI is InChI=1S/C11H12O3/c1-3-14-10-7-5-4-6-9(10)8(2)11(12)13/h3-8H,1H2,2H3,(H,12,13). The van der Waals surface area contributed by atoms with Gasteiger partial charge in [-0.1, -0.05) is 24.8 Å². The van der Waals surface area contributed by atoms with Crippen LogP contribution in [0.4, 0.5) is 0 Å². The average molecular weight is 192 g/mol. The fourth-order valence-corrected chi connectivity index (χ4v) is 1.17. The van der Waals surface area contributed by atoms with E-state index in [0.717, 1.165) is 0 Å². The largest absolute Gasteiger partial charge is 0.481 e. The summed E-state index contributed by atoms with van der Waals surface area (Å²) in [7, 11) is 0. The van der Waals surface area contributed by atoms with Crippen LogP contribution in [0.3, 0.4) is 0 Å². The van der Waals surface area contributed by atoms with E-state index in [4.69, 9.17) is 9.84 Å². The zero-order valence-electron chi connectivity index (χ0n) is 7.93. The summed E-state index contributed by atoms with van der Waals surface area (Å²) in [6.07, 6.45) is 1.29. The molecule has 1 N–H and O–H groups in total. The number of carboxylic acid groups (broad SMARTS) is 1. The molecule has 74 valence electrons. The molecule has 0 fully saturated rings. The lowest BCUT2D eigenvalue weighted by Gasteiger charge is -2.11. The highest BCUT2D eigenvalue weighted by Gasteiger charge is 2.17. The van der Waals surface area contributed by atoms with Crippen molar-refractivity contribution in [3.63, 3.8) is 0 Å². The van der Waals surface area contributed by atoms with Gasteiger partial charge in [0.15, 0.2) is 0 Å². The molecule has 0 aliphatic carbocycles. The second kappa shape index (κ2) is 4.46. The molecule has 1 rings (SSSR count). The van der Waals surface area contributed by atoms with Gasteiger partial charge in [0.05, 0.1) is 12.2 Å². The van der Waals surface area contributed by atoms with Crippen molar-refractivity contribution in [2.75, 3.05) is 0 Å². The minimum absolute atomic E-state index is 0.539. The summed E-state index contributed by atoms with van der Waals surface area (Å²) in [6, 6.07) is 7.02. The smallest absolute Gasteiger partial charge is 0.310 e. The predicted octanol–water partition coefficient (Wildman–Crippen LogP) is 2.40. The Bertz CT molecular complexity index is 344. The maximum Gasteiger partial charge on any atom is 0.310 e. The third kappa shape index (κ3) is 2.13. The first-order valence-corrected chi connectivity index (χ1v) is 4.26. The van der Waals surface area contributed by atoms with Gasteiger partial charge >= 0.3 is 5.97 Å². The molecule has 1 aromatic rings. The topological polar surface area (TPSA) is 46.5 Å². The van der Waals surface area contributed by atoms with E-state index in [1.807, 2.05) is 0 Å². The first-order valence-electron chi connectivity index (χ1n) is 4.26. The molecule has 3 nitrogen and oxygen atoms in total. The van der Waals surface area contributed by atoms with E-state index in [-0.39, 0.29) is 0 Å². The number of para-hydroxylation sites is 1. The molecular weight excluding hydrogens is 180 g/mol. The van der Waals surface area contributed by atoms with Gasteiger partial charge in [-0.15, -0.1) is 0 Å². The molecule has 1 aromatic carbocycles. The van der Waals surface area contributed by atoms with Crippen molar-refractivity contribution in [3.8, 4) is 5.75 Å². The Morgan fingerprint density at radius 3 is 2.79 bits per heavy atom. The fraction of sp³-hybridized carbons (Fsp3) is 0.182. The number of benzene rings is 1. The van der Waals surface area contributed by atoms with Crippen LogP contribution < -0.4 is 4.74 Å². The molecule has 0 heterocycles. The van der Waals surface area contributed by atoms with E-state index >= 15 is 0 Å². The van der Waals surface area contributed by atoms with Gasteiger partial charge in [0.1, 0.15) is 5.75 Å². The highest BCUT2D eigenvalue weighted by Crippen LogP contribution is 2.26. The van der Waals surface area contributed by atoms with E-state index in [0.29, 0.717) is 11.3 Å². The Labute approximate surface area is 82.6 Å². The van der Waals surface area contributed by atoms with E-state index in [9.17, 15) is 4.79 Å². The molecule has 0 spiro atoms. The molecule has 3 heteroatoms. The van der Waals surface area contributed by atoms with Crippen LogP contribution in [0.15, 0.2) is 37.1 Å². The number of carbonyl (C=O) groups is 1. The average Bonchev–Trinajstić information content (AvgIpc) is 2.18. The van der Waals surface area contributed by atoms with Crippen molar-refractivity contribution in [2.24, 2.45) is 0 Å². The van der Waals surface area contributed by atoms with Gasteiger partial charge in [-0.3, -0.25) is 4.79 Å². The second-order valence-electron chi connectivity index (χ2n) is 2.88. The van der Waals surface area contributed by atoms with Crippen molar-refractivity contribution in [1.29, 1.82) is 0 Å². The minimum atomic E-state index is -0.870. The van der Waals surface area contributed by atoms with Crippen molar-refractivity contribution < 1.29 is 14.6 Å². The van der Waals surface area contributed by atoms with Gasteiger partial charge in [0.25, 0.3) is 0 Å². The van der Waals surface area contributed by atoms with Crippen LogP contribution in [-0.4, -0.2) is 11.1 Å². The summed E-state index contributed by atoms with van der Waals surface area (Å²) in [5.74, 6) is -0.909. The maximum atomic E-state index is 10.8. The normalized spacial score (nSPS) is 11.8. The van der Waals surface area contributed by atoms with Gasteiger partial charge in [-0.05, 0) is 13.0 Å². The molecule has 0 bridgehead atoms. The molecule has 0 amide bonds. The van der Waals surface area contributed by atoms with Crippen molar-refractivity contribution in [2.45, 2.75) is 12.8 Å². The highest BCUT2D eigenvalue weighted by atomic mass is 16.5. The van der Waals surface area contributed by atoms with Crippen LogP contribution in [0.5, 0.6) is 5.75 Å². The van der Waals surface area contributed by atoms with Gasteiger partial charge < -0.3 is 9.84 Å². The molecule has 1 unspecified atom stereocenters. The first kappa shape index (κ1) is 10.3. The van der Waals surface area contributed by atoms with Crippen molar-refractivity contribution in [1.82, 2.24) is 0 Å². The van der Waals surface area contributed by atoms with E-state index in [1.54, 1.807) is 31.2 Å². The molecule has 0 radical (unpaired) electrons. The lowest BCUT2D eigenvalue weighted by molar-refractivity contribution is -0.138. The van der Waals surface area contributed by atoms with E-state index in [1.165, 1.54) is 6.26 Å². The summed E-state index contributed by atoms with van der Waals surface area (Å²) in [6.45, 7) is 5.05. The van der Waals surface area contributed by atoms with Crippen LogP contribution in [0.1, 0.15) is 18.4 Å². The van der Waals surface area contributed by atoms with E-state index < -0.39 is 11.9 Å². The molecule has 0 aromatic heterocycles. The Balaban J connectivity index is 3.05. The zero-order chi connectivity index (χ0) is 10.6. The van der Waals surface area contributed by atoms with E-state index in [2.05, 4.69) is 6.58 Å². The number of rotatable bonds is 4. The number of hydrogen-bond acceptors (Lipinski definition) is 2. The summed E-state index contributed by atoms with van der Waals surface area (Å²) in [5, 5.41) is 8.85. The first-order chi connectivity index (χ1) is 6.66. The Morgan fingerprint density at radius 2 is 2.21 bits per heavy atom. The van der Waals surface area contributed by atoms with Crippen LogP contribution in [-0.2, 0) is 4.79 Å². The van der Waals surface area contributed by atoms with Crippen LogP contribution in [0.2, 0.25) is 0 Å². The molecular formula is C11H12O3. The van der Waals surface area contributed by atoms with Crippen molar-refractivity contribution in [3.05, 3.63) is 42.7 Å². The third-order valence-electron chi connectivity index (χ3n) is 1.97. The summed E-state index contributed by atoms with van der Waals surface area (Å²) in [5.41, 5.74) is 0.653. The van der Waals surface area contributed by atoms with Gasteiger partial charge in [0, 0.05) is 5.56 Å². The fourth-order valence-electron chi connectivity index (χ4n) is 1.17. The monoisotopic (exact) mass is 192 g/mol. The Hall–Kier alpha value is -1.77. The maximum absolute atomic E-state index is 10.8. The second-order valence-corrected chi connectivity index (χ2v) is 2.88. The quantitative estimate of drug-likeness (QED) is 0.745. The van der Waals surface area contributed by atoms with Crippen LogP contribution in [0.25, 0.3) is 0 Å². The molecule has 0 aliphatic heterocycles. The molecule has 0 saturated carbocycles. The Morgan fingerprint density at radius 1 is 1.57 bits per heavy atom. The molecule has 0 saturated heterocycles. The third-order valence-corrected chi connectivity index (χ3v) is 1.97. The number of hydrogen-bond donors (Lipinski definition) is 1. The lowest BCUT2D eigenvalue weighted by Crippen LogP contribution is -2.08. The van der Waals surface area contributed by atoms with Gasteiger partial charge in [-0.2, -0.15) is 0 Å². The van der Waals surface area contributed by atoms with Gasteiger partial charge in [-0.25, -0.2) is 0 Å². The molecule has 1 atom stereocenters. The SMILES string of the molecule is C=COc1ccccc1C(C)C(=O)O. The summed E-state index contributed by atoms with van der Waals surface area (Å²) in [4.78, 5) is 10.8. The lowest BCUT2D eigenvalue weighted by atomic mass is 10.0. The molecule has 14 heavy (non-hydrogen) atoms. The predicted molar refractivity (Wildman–Crippen MR) is 53.3 cm³/mol. The minimum Gasteiger partial charge on any atom is -0.481 e. The number of aliphatic carboxylic acids is 1. The Kier molecular flexibility index (Phi) is 3.29. The highest BCUT2D eigenvalue weighted by molar-refractivity contribution is 5.76. The summed E-state index contributed by atoms with van der Waals surface area (Å²) < 4.78 is 5.11. The summed E-state index contributed by atoms with van der Waals surface area (Å²) >= 11 is 0. The van der Waals surface area contributed by atoms with Crippen molar-refractivity contribution >= 4 is 5.97 Å². The van der Waals surface area contributed by atoms with Crippen LogP contribution in [0, 0.1) is 0 Å². The number of ether oxygens (including phenoxy) is 1. The zero-order valence-corrected chi connectivity index (χ0v) is 7.93. The van der Waals surface area contributed by atoms with Gasteiger partial charge in [0.2, 0.25) is 0 Å². The number of carboxylic acids is 1. The van der Waals surface area contributed by atoms with Crippen LogP contribution >= 0.6 is 0 Å².